The fourth-order valence-electron chi connectivity index (χ4n) is 2.41. The average Bonchev–Trinajstić information content (AvgIpc) is 2.65. The van der Waals surface area contributed by atoms with E-state index in [9.17, 15) is 19.7 Å². The van der Waals surface area contributed by atoms with Crippen LogP contribution in [0.25, 0.3) is 11.6 Å². The topological polar surface area (TPSA) is 86.5 Å². The number of rotatable bonds is 8. The number of ether oxygens (including phenoxy) is 1. The molecular weight excluding hydrogens is 346 g/mol. The molecule has 0 aromatic heterocycles. The quantitative estimate of drug-likeness (QED) is 0.173. The minimum atomic E-state index is -0.613. The summed E-state index contributed by atoms with van der Waals surface area (Å²) < 4.78 is 5.08. The zero-order valence-electron chi connectivity index (χ0n) is 15.3. The Morgan fingerprint density at radius 2 is 1.70 bits per heavy atom. The minimum Gasteiger partial charge on any atom is -0.465 e. The fraction of sp³-hybridized carbons (Fsp3) is 0.238. The molecule has 0 heterocycles. The first kappa shape index (κ1) is 20.0. The standard InChI is InChI=1S/C21H21NO5/c1-15(2)14-27-21(24)13-20(23)18(16-8-4-3-5-9-16)12-17-10-6-7-11-19(17)22(25)26/h3-12,15H,13-14H2,1-2H3. The third-order valence-corrected chi connectivity index (χ3v) is 3.70. The molecule has 0 amide bonds. The van der Waals surface area contributed by atoms with Gasteiger partial charge >= 0.3 is 5.97 Å². The van der Waals surface area contributed by atoms with Crippen LogP contribution in [0.4, 0.5) is 5.69 Å². The first-order chi connectivity index (χ1) is 12.9. The summed E-state index contributed by atoms with van der Waals surface area (Å²) in [5.41, 5.74) is 0.995. The average molecular weight is 367 g/mol. The van der Waals surface area contributed by atoms with Gasteiger partial charge in [0.15, 0.2) is 5.78 Å². The second-order valence-corrected chi connectivity index (χ2v) is 6.42. The fourth-order valence-corrected chi connectivity index (χ4v) is 2.41. The first-order valence-corrected chi connectivity index (χ1v) is 8.58. The molecule has 0 fully saturated rings. The normalized spacial score (nSPS) is 11.3. The lowest BCUT2D eigenvalue weighted by Crippen LogP contribution is -2.15. The van der Waals surface area contributed by atoms with Crippen LogP contribution in [0.1, 0.15) is 31.4 Å². The Bertz CT molecular complexity index is 856. The summed E-state index contributed by atoms with van der Waals surface area (Å²) in [6, 6.07) is 14.9. The maximum Gasteiger partial charge on any atom is 0.313 e. The van der Waals surface area contributed by atoms with Gasteiger partial charge in [0, 0.05) is 11.6 Å². The van der Waals surface area contributed by atoms with Crippen LogP contribution in [-0.4, -0.2) is 23.3 Å². The Kier molecular flexibility index (Phi) is 7.00. The molecule has 0 radical (unpaired) electrons. The van der Waals surface area contributed by atoms with Gasteiger partial charge in [-0.05, 0) is 23.6 Å². The molecule has 6 nitrogen and oxygen atoms in total. The van der Waals surface area contributed by atoms with Crippen LogP contribution in [0, 0.1) is 16.0 Å². The number of nitrogens with zero attached hydrogens (tertiary/aromatic N) is 1. The Morgan fingerprint density at radius 1 is 1.07 bits per heavy atom. The van der Waals surface area contributed by atoms with Crippen molar-refractivity contribution >= 4 is 29.1 Å². The van der Waals surface area contributed by atoms with Gasteiger partial charge in [0.05, 0.1) is 17.1 Å². The van der Waals surface area contributed by atoms with E-state index >= 15 is 0 Å². The van der Waals surface area contributed by atoms with Gasteiger partial charge < -0.3 is 4.74 Å². The summed E-state index contributed by atoms with van der Waals surface area (Å²) in [5.74, 6) is -0.897. The van der Waals surface area contributed by atoms with Gasteiger partial charge in [0.2, 0.25) is 0 Å². The van der Waals surface area contributed by atoms with Gasteiger partial charge in [-0.1, -0.05) is 56.3 Å². The SMILES string of the molecule is CC(C)COC(=O)CC(=O)C(=Cc1ccccc1[N+](=O)[O-])c1ccccc1. The van der Waals surface area contributed by atoms with E-state index < -0.39 is 23.1 Å². The highest BCUT2D eigenvalue weighted by molar-refractivity contribution is 6.28. The van der Waals surface area contributed by atoms with E-state index in [1.165, 1.54) is 12.1 Å². The highest BCUT2D eigenvalue weighted by Gasteiger charge is 2.19. The summed E-state index contributed by atoms with van der Waals surface area (Å²) in [4.78, 5) is 35.4. The molecule has 0 atom stereocenters. The third-order valence-electron chi connectivity index (χ3n) is 3.70. The van der Waals surface area contributed by atoms with Crippen molar-refractivity contribution < 1.29 is 19.2 Å². The molecule has 0 aliphatic heterocycles. The maximum atomic E-state index is 12.7. The Morgan fingerprint density at radius 3 is 2.33 bits per heavy atom. The molecule has 0 saturated heterocycles. The van der Waals surface area contributed by atoms with Gasteiger partial charge in [0.25, 0.3) is 5.69 Å². The van der Waals surface area contributed by atoms with Crippen molar-refractivity contribution in [3.63, 3.8) is 0 Å². The minimum absolute atomic E-state index is 0.110. The number of allylic oxidation sites excluding steroid dienone is 1. The molecule has 6 heteroatoms. The third kappa shape index (κ3) is 5.88. The lowest BCUT2D eigenvalue weighted by atomic mass is 9.97. The van der Waals surface area contributed by atoms with Crippen LogP contribution < -0.4 is 0 Å². The number of benzene rings is 2. The predicted molar refractivity (Wildman–Crippen MR) is 103 cm³/mol. The number of esters is 1. The number of Topliss-reactive ketones (excluding diaryl/α,β-unsaturated/α-hetero) is 1. The van der Waals surface area contributed by atoms with Crippen LogP contribution >= 0.6 is 0 Å². The number of hydrogen-bond acceptors (Lipinski definition) is 5. The van der Waals surface area contributed by atoms with Gasteiger partial charge in [-0.2, -0.15) is 0 Å². The lowest BCUT2D eigenvalue weighted by molar-refractivity contribution is -0.385. The largest absolute Gasteiger partial charge is 0.465 e. The second-order valence-electron chi connectivity index (χ2n) is 6.42. The van der Waals surface area contributed by atoms with E-state index in [-0.39, 0.29) is 23.8 Å². The number of ketones is 1. The van der Waals surface area contributed by atoms with Crippen molar-refractivity contribution in [3.8, 4) is 0 Å². The molecule has 2 rings (SSSR count). The molecular formula is C21H21NO5. The van der Waals surface area contributed by atoms with Crippen molar-refractivity contribution in [1.82, 2.24) is 0 Å². The number of carbonyl (C=O) groups excluding carboxylic acids is 2. The Labute approximate surface area is 157 Å². The zero-order chi connectivity index (χ0) is 19.8. The van der Waals surface area contributed by atoms with Crippen molar-refractivity contribution in [2.75, 3.05) is 6.61 Å². The number of para-hydroxylation sites is 1. The van der Waals surface area contributed by atoms with Crippen LogP contribution in [0.15, 0.2) is 54.6 Å². The molecule has 0 bridgehead atoms. The predicted octanol–water partition coefficient (Wildman–Crippen LogP) is 4.29. The number of hydrogen-bond donors (Lipinski definition) is 0. The molecule has 0 saturated carbocycles. The smallest absolute Gasteiger partial charge is 0.313 e. The Balaban J connectivity index is 2.37. The van der Waals surface area contributed by atoms with Crippen molar-refractivity contribution in [3.05, 3.63) is 75.8 Å². The molecule has 140 valence electrons. The molecule has 0 N–H and O–H groups in total. The van der Waals surface area contributed by atoms with E-state index in [0.717, 1.165) is 0 Å². The van der Waals surface area contributed by atoms with Crippen LogP contribution in [0.3, 0.4) is 0 Å². The number of carbonyl (C=O) groups is 2. The summed E-state index contributed by atoms with van der Waals surface area (Å²) in [6.07, 6.45) is 1.03. The maximum absolute atomic E-state index is 12.7. The Hall–Kier alpha value is -3.28. The van der Waals surface area contributed by atoms with Gasteiger partial charge in [-0.3, -0.25) is 19.7 Å². The molecule has 2 aromatic rings. The molecule has 27 heavy (non-hydrogen) atoms. The van der Waals surface area contributed by atoms with Crippen LogP contribution in [-0.2, 0) is 14.3 Å². The van der Waals surface area contributed by atoms with Crippen LogP contribution in [0.2, 0.25) is 0 Å². The van der Waals surface area contributed by atoms with Crippen molar-refractivity contribution in [2.24, 2.45) is 5.92 Å². The number of nitro benzene ring substituents is 1. The zero-order valence-corrected chi connectivity index (χ0v) is 15.3. The van der Waals surface area contributed by atoms with Gasteiger partial charge in [-0.25, -0.2) is 0 Å². The highest BCUT2D eigenvalue weighted by atomic mass is 16.6. The van der Waals surface area contributed by atoms with Gasteiger partial charge in [0.1, 0.15) is 6.42 Å². The van der Waals surface area contributed by atoms with E-state index in [2.05, 4.69) is 0 Å². The summed E-state index contributed by atoms with van der Waals surface area (Å²) >= 11 is 0. The summed E-state index contributed by atoms with van der Waals surface area (Å²) in [5, 5.41) is 11.3. The molecule has 0 unspecified atom stereocenters. The molecule has 0 aliphatic carbocycles. The number of nitro groups is 1. The lowest BCUT2D eigenvalue weighted by Gasteiger charge is -2.09. The van der Waals surface area contributed by atoms with E-state index in [1.807, 2.05) is 13.8 Å². The van der Waals surface area contributed by atoms with E-state index in [0.29, 0.717) is 11.1 Å². The highest BCUT2D eigenvalue weighted by Crippen LogP contribution is 2.26. The first-order valence-electron chi connectivity index (χ1n) is 8.58. The summed E-state index contributed by atoms with van der Waals surface area (Å²) in [6.45, 7) is 4.04. The molecule has 0 aliphatic rings. The van der Waals surface area contributed by atoms with Crippen molar-refractivity contribution in [1.29, 1.82) is 0 Å². The monoisotopic (exact) mass is 367 g/mol. The second kappa shape index (κ2) is 9.43. The molecule has 2 aromatic carbocycles. The molecule has 0 spiro atoms. The van der Waals surface area contributed by atoms with Crippen molar-refractivity contribution in [2.45, 2.75) is 20.3 Å². The van der Waals surface area contributed by atoms with E-state index in [1.54, 1.807) is 48.5 Å². The summed E-state index contributed by atoms with van der Waals surface area (Å²) in [7, 11) is 0. The van der Waals surface area contributed by atoms with Gasteiger partial charge in [-0.15, -0.1) is 0 Å². The van der Waals surface area contributed by atoms with Crippen LogP contribution in [0.5, 0.6) is 0 Å². The van der Waals surface area contributed by atoms with E-state index in [4.69, 9.17) is 4.74 Å².